The number of hydrogen-bond acceptors (Lipinski definition) is 5. The summed E-state index contributed by atoms with van der Waals surface area (Å²) in [5.41, 5.74) is 7.10. The predicted molar refractivity (Wildman–Crippen MR) is 91.1 cm³/mol. The molecule has 24 heavy (non-hydrogen) atoms. The highest BCUT2D eigenvalue weighted by atomic mass is 32.1. The number of hydrogen-bond donors (Lipinski definition) is 2. The Hall–Kier alpha value is -2.02. The summed E-state index contributed by atoms with van der Waals surface area (Å²) in [5.74, 6) is 1.40. The molecule has 1 aromatic carbocycles. The van der Waals surface area contributed by atoms with Crippen molar-refractivity contribution in [1.82, 2.24) is 19.6 Å². The molecule has 4 atom stereocenters. The zero-order chi connectivity index (χ0) is 16.7. The first-order valence-corrected chi connectivity index (χ1v) is 9.19. The molecule has 6 nitrogen and oxygen atoms in total. The van der Waals surface area contributed by atoms with Crippen molar-refractivity contribution in [3.8, 4) is 0 Å². The van der Waals surface area contributed by atoms with E-state index in [1.165, 1.54) is 12.8 Å². The van der Waals surface area contributed by atoms with Crippen LogP contribution in [-0.4, -0.2) is 20.6 Å². The van der Waals surface area contributed by atoms with E-state index in [1.54, 1.807) is 18.2 Å². The first-order chi connectivity index (χ1) is 11.6. The monoisotopic (exact) mass is 344 g/mol. The van der Waals surface area contributed by atoms with Crippen molar-refractivity contribution in [3.05, 3.63) is 23.8 Å². The lowest BCUT2D eigenvalue weighted by Gasteiger charge is -2.18. The average Bonchev–Trinajstić information content (AvgIpc) is 3.29. The van der Waals surface area contributed by atoms with E-state index in [-0.39, 0.29) is 17.7 Å². The number of amides is 2. The predicted octanol–water partition coefficient (Wildman–Crippen LogP) is 2.52. The number of carbonyl (C=O) groups is 2. The Bertz CT molecular complexity index is 790. The van der Waals surface area contributed by atoms with E-state index in [9.17, 15) is 9.59 Å². The highest BCUT2D eigenvalue weighted by Gasteiger charge is 2.46. The minimum Gasteiger partial charge on any atom is -0.273 e. The van der Waals surface area contributed by atoms with Crippen molar-refractivity contribution in [3.63, 3.8) is 0 Å². The first kappa shape index (κ1) is 15.5. The second-order valence-corrected chi connectivity index (χ2v) is 7.52. The molecule has 0 radical (unpaired) electrons. The van der Waals surface area contributed by atoms with E-state index in [1.807, 2.05) is 0 Å². The van der Waals surface area contributed by atoms with Crippen LogP contribution < -0.4 is 10.9 Å². The molecule has 0 aliphatic heterocycles. The maximum absolute atomic E-state index is 12.5. The van der Waals surface area contributed by atoms with E-state index in [0.717, 1.165) is 30.1 Å². The summed E-state index contributed by atoms with van der Waals surface area (Å²) in [6.45, 7) is 2.24. The molecule has 0 spiro atoms. The first-order valence-electron chi connectivity index (χ1n) is 8.46. The standard InChI is InChI=1S/C17H20N4O2S/c1-9-7-13(12-4-2-3-11(9)12)17(23)19-18-16(22)10-5-6-14-15(8-10)21-24-20-14/h5-6,8-9,11-13H,2-4,7H2,1H3,(H,18,22)(H,19,23). The molecular weight excluding hydrogens is 324 g/mol. The van der Waals surface area contributed by atoms with Crippen LogP contribution >= 0.6 is 11.7 Å². The van der Waals surface area contributed by atoms with Gasteiger partial charge in [0.25, 0.3) is 5.91 Å². The Balaban J connectivity index is 1.39. The maximum atomic E-state index is 12.5. The number of aromatic nitrogens is 2. The summed E-state index contributed by atoms with van der Waals surface area (Å²) in [7, 11) is 0. The largest absolute Gasteiger partial charge is 0.273 e. The van der Waals surface area contributed by atoms with Crippen LogP contribution in [0.3, 0.4) is 0 Å². The molecule has 2 amide bonds. The Morgan fingerprint density at radius 1 is 1.12 bits per heavy atom. The van der Waals surface area contributed by atoms with Crippen LogP contribution in [-0.2, 0) is 4.79 Å². The second kappa shape index (κ2) is 6.12. The summed E-state index contributed by atoms with van der Waals surface area (Å²) in [6.07, 6.45) is 4.52. The number of benzene rings is 1. The van der Waals surface area contributed by atoms with E-state index in [2.05, 4.69) is 26.5 Å². The Morgan fingerprint density at radius 3 is 2.79 bits per heavy atom. The summed E-state index contributed by atoms with van der Waals surface area (Å²) in [6, 6.07) is 5.14. The van der Waals surface area contributed by atoms with Gasteiger partial charge in [-0.05, 0) is 55.2 Å². The summed E-state index contributed by atoms with van der Waals surface area (Å²) in [5, 5.41) is 0. The third-order valence-electron chi connectivity index (χ3n) is 5.65. The molecule has 2 aliphatic carbocycles. The highest BCUT2D eigenvalue weighted by molar-refractivity contribution is 7.00. The molecule has 2 fully saturated rings. The molecule has 2 aliphatic rings. The molecule has 4 unspecified atom stereocenters. The van der Waals surface area contributed by atoms with Gasteiger partial charge in [0.15, 0.2) is 0 Å². The van der Waals surface area contributed by atoms with Crippen LogP contribution in [0, 0.1) is 23.7 Å². The Kier molecular flexibility index (Phi) is 3.96. The molecule has 1 heterocycles. The lowest BCUT2D eigenvalue weighted by molar-refractivity contribution is -0.127. The van der Waals surface area contributed by atoms with Crippen LogP contribution in [0.4, 0.5) is 0 Å². The fourth-order valence-corrected chi connectivity index (χ4v) is 5.00. The van der Waals surface area contributed by atoms with Gasteiger partial charge in [0.2, 0.25) is 5.91 Å². The smallest absolute Gasteiger partial charge is 0.269 e. The highest BCUT2D eigenvalue weighted by Crippen LogP contribution is 2.50. The molecular formula is C17H20N4O2S. The van der Waals surface area contributed by atoms with E-state index in [4.69, 9.17) is 0 Å². The normalized spacial score (nSPS) is 28.7. The van der Waals surface area contributed by atoms with Gasteiger partial charge in [0.1, 0.15) is 11.0 Å². The molecule has 0 saturated heterocycles. The van der Waals surface area contributed by atoms with Crippen LogP contribution in [0.25, 0.3) is 11.0 Å². The van der Waals surface area contributed by atoms with E-state index in [0.29, 0.717) is 28.8 Å². The molecule has 4 rings (SSSR count). The summed E-state index contributed by atoms with van der Waals surface area (Å²) >= 11 is 1.12. The number of hydrazine groups is 1. The maximum Gasteiger partial charge on any atom is 0.269 e. The number of carbonyl (C=O) groups excluding carboxylic acids is 2. The Labute approximate surface area is 144 Å². The van der Waals surface area contributed by atoms with Crippen LogP contribution in [0.5, 0.6) is 0 Å². The Morgan fingerprint density at radius 2 is 1.92 bits per heavy atom. The molecule has 0 bridgehead atoms. The van der Waals surface area contributed by atoms with Crippen LogP contribution in [0.15, 0.2) is 18.2 Å². The molecule has 1 aromatic heterocycles. The minimum atomic E-state index is -0.327. The van der Waals surface area contributed by atoms with E-state index < -0.39 is 0 Å². The zero-order valence-corrected chi connectivity index (χ0v) is 14.3. The van der Waals surface area contributed by atoms with Gasteiger partial charge < -0.3 is 0 Å². The number of nitrogens with zero attached hydrogens (tertiary/aromatic N) is 2. The van der Waals surface area contributed by atoms with Gasteiger partial charge >= 0.3 is 0 Å². The van der Waals surface area contributed by atoms with Crippen LogP contribution in [0.2, 0.25) is 0 Å². The van der Waals surface area contributed by atoms with Gasteiger partial charge in [-0.2, -0.15) is 8.75 Å². The summed E-state index contributed by atoms with van der Waals surface area (Å²) in [4.78, 5) is 24.7. The van der Waals surface area contributed by atoms with E-state index >= 15 is 0 Å². The van der Waals surface area contributed by atoms with Gasteiger partial charge in [-0.15, -0.1) is 0 Å². The number of rotatable bonds is 2. The topological polar surface area (TPSA) is 84.0 Å². The van der Waals surface area contributed by atoms with Crippen molar-refractivity contribution >= 4 is 34.6 Å². The van der Waals surface area contributed by atoms with Gasteiger partial charge in [0.05, 0.1) is 11.7 Å². The molecule has 2 saturated carbocycles. The fraction of sp³-hybridized carbons (Fsp3) is 0.529. The number of fused-ring (bicyclic) bond motifs is 2. The molecule has 7 heteroatoms. The zero-order valence-electron chi connectivity index (χ0n) is 13.5. The molecule has 2 aromatic rings. The van der Waals surface area contributed by atoms with Crippen molar-refractivity contribution in [2.75, 3.05) is 0 Å². The lowest BCUT2D eigenvalue weighted by atomic mass is 9.90. The SMILES string of the molecule is CC1CC(C(=O)NNC(=O)c2ccc3nsnc3c2)C2CCCC12. The number of nitrogens with one attached hydrogen (secondary N) is 2. The van der Waals surface area contributed by atoms with Gasteiger partial charge in [0, 0.05) is 11.5 Å². The third-order valence-corrected chi connectivity index (χ3v) is 6.21. The lowest BCUT2D eigenvalue weighted by Crippen LogP contribution is -2.45. The van der Waals surface area contributed by atoms with Crippen molar-refractivity contribution in [2.45, 2.75) is 32.6 Å². The molecule has 126 valence electrons. The van der Waals surface area contributed by atoms with Gasteiger partial charge in [-0.3, -0.25) is 20.4 Å². The average molecular weight is 344 g/mol. The van der Waals surface area contributed by atoms with Gasteiger partial charge in [-0.1, -0.05) is 13.3 Å². The fourth-order valence-electron chi connectivity index (χ4n) is 4.48. The quantitative estimate of drug-likeness (QED) is 0.820. The van der Waals surface area contributed by atoms with Crippen molar-refractivity contribution in [2.24, 2.45) is 23.7 Å². The van der Waals surface area contributed by atoms with Gasteiger partial charge in [-0.25, -0.2) is 0 Å². The van der Waals surface area contributed by atoms with Crippen LogP contribution in [0.1, 0.15) is 43.0 Å². The minimum absolute atomic E-state index is 0.0259. The second-order valence-electron chi connectivity index (χ2n) is 6.99. The summed E-state index contributed by atoms with van der Waals surface area (Å²) < 4.78 is 8.24. The van der Waals surface area contributed by atoms with Crippen molar-refractivity contribution in [1.29, 1.82) is 0 Å². The third kappa shape index (κ3) is 2.66. The van der Waals surface area contributed by atoms with Crippen molar-refractivity contribution < 1.29 is 9.59 Å². The molecule has 2 N–H and O–H groups in total.